The van der Waals surface area contributed by atoms with Crippen molar-refractivity contribution in [1.82, 2.24) is 10.2 Å². The van der Waals surface area contributed by atoms with Crippen molar-refractivity contribution in [2.75, 3.05) is 26.3 Å². The van der Waals surface area contributed by atoms with E-state index in [9.17, 15) is 9.59 Å². The monoisotopic (exact) mass is 344 g/mol. The molecule has 0 saturated carbocycles. The normalized spacial score (nSPS) is 27.6. The fourth-order valence-electron chi connectivity index (χ4n) is 3.40. The Labute approximate surface area is 144 Å². The lowest BCUT2D eigenvalue weighted by Gasteiger charge is -2.33. The van der Waals surface area contributed by atoms with E-state index < -0.39 is 11.9 Å². The van der Waals surface area contributed by atoms with E-state index in [4.69, 9.17) is 14.9 Å². The molecule has 3 saturated heterocycles. The number of carboxylic acids is 2. The van der Waals surface area contributed by atoms with E-state index in [0.29, 0.717) is 6.04 Å². The fraction of sp³-hybridized carbons (Fsp3) is 0.882. The Morgan fingerprint density at radius 2 is 1.67 bits per heavy atom. The van der Waals surface area contributed by atoms with E-state index in [2.05, 4.69) is 10.2 Å². The van der Waals surface area contributed by atoms with Crippen molar-refractivity contribution >= 4 is 11.9 Å². The number of carboxylic acid groups (broad SMARTS) is 2. The minimum Gasteiger partial charge on any atom is -0.480 e. The Morgan fingerprint density at radius 3 is 2.12 bits per heavy atom. The third kappa shape index (κ3) is 6.37. The summed E-state index contributed by atoms with van der Waals surface area (Å²) in [6.07, 6.45) is 5.60. The summed E-state index contributed by atoms with van der Waals surface area (Å²) in [5.74, 6) is -1.38. The lowest BCUT2D eigenvalue weighted by Crippen LogP contribution is -2.45. The van der Waals surface area contributed by atoms with Crippen LogP contribution in [0.2, 0.25) is 0 Å². The number of ether oxygens (including phenoxy) is 1. The zero-order valence-electron chi connectivity index (χ0n) is 14.9. The summed E-state index contributed by atoms with van der Waals surface area (Å²) >= 11 is 0. The molecule has 3 aliphatic heterocycles. The summed E-state index contributed by atoms with van der Waals surface area (Å²) in [6, 6.07) is -0.0690. The molecule has 0 aromatic rings. The minimum atomic E-state index is -0.720. The molecule has 3 N–H and O–H groups in total. The first-order valence-corrected chi connectivity index (χ1v) is 9.12. The van der Waals surface area contributed by atoms with E-state index in [0.717, 1.165) is 64.8 Å². The van der Waals surface area contributed by atoms with E-state index in [1.165, 1.54) is 0 Å². The molecule has 0 radical (unpaired) electrons. The van der Waals surface area contributed by atoms with Crippen LogP contribution in [0.15, 0.2) is 0 Å². The van der Waals surface area contributed by atoms with Crippen LogP contribution in [-0.4, -0.2) is 71.5 Å². The van der Waals surface area contributed by atoms with Crippen LogP contribution >= 0.6 is 0 Å². The lowest BCUT2D eigenvalue weighted by atomic mass is 10.1. The molecule has 0 aromatic heterocycles. The summed E-state index contributed by atoms with van der Waals surface area (Å²) in [7, 11) is 0. The second-order valence-electron chi connectivity index (χ2n) is 6.06. The third-order valence-corrected chi connectivity index (χ3v) is 4.60. The Kier molecular flexibility index (Phi) is 9.90. The van der Waals surface area contributed by atoms with Crippen molar-refractivity contribution < 1.29 is 24.5 Å². The molecule has 0 bridgehead atoms. The van der Waals surface area contributed by atoms with E-state index in [1.807, 2.05) is 13.8 Å². The first kappa shape index (κ1) is 20.9. The average Bonchev–Trinajstić information content (AvgIpc) is 3.30. The number of nitrogens with one attached hydrogen (secondary N) is 1. The molecule has 0 spiro atoms. The fourth-order valence-corrected chi connectivity index (χ4v) is 3.40. The Bertz CT molecular complexity index is 379. The number of aliphatic carboxylic acids is 2. The third-order valence-electron chi connectivity index (χ3n) is 4.60. The SMILES string of the molecule is CC.O=C(O)C1CCCN1.O=C(O)C1CCCN1C1CCOCC1. The topological polar surface area (TPSA) is 99.1 Å². The summed E-state index contributed by atoms with van der Waals surface area (Å²) in [4.78, 5) is 23.3. The smallest absolute Gasteiger partial charge is 0.320 e. The van der Waals surface area contributed by atoms with Gasteiger partial charge in [-0.15, -0.1) is 0 Å². The summed E-state index contributed by atoms with van der Waals surface area (Å²) in [6.45, 7) is 7.37. The molecule has 3 aliphatic rings. The Morgan fingerprint density at radius 1 is 1.00 bits per heavy atom. The highest BCUT2D eigenvalue weighted by atomic mass is 16.5. The maximum Gasteiger partial charge on any atom is 0.320 e. The van der Waals surface area contributed by atoms with Gasteiger partial charge < -0.3 is 20.3 Å². The highest BCUT2D eigenvalue weighted by Gasteiger charge is 2.35. The van der Waals surface area contributed by atoms with Gasteiger partial charge in [0.2, 0.25) is 0 Å². The molecular formula is C17H32N2O5. The maximum atomic E-state index is 11.0. The van der Waals surface area contributed by atoms with Crippen LogP contribution in [0.4, 0.5) is 0 Å². The molecule has 24 heavy (non-hydrogen) atoms. The predicted octanol–water partition coefficient (Wildman–Crippen LogP) is 1.56. The molecule has 3 fully saturated rings. The van der Waals surface area contributed by atoms with Crippen molar-refractivity contribution in [1.29, 1.82) is 0 Å². The van der Waals surface area contributed by atoms with Crippen molar-refractivity contribution in [2.45, 2.75) is 70.5 Å². The van der Waals surface area contributed by atoms with Gasteiger partial charge in [-0.05, 0) is 51.6 Å². The zero-order chi connectivity index (χ0) is 17.9. The number of carbonyl (C=O) groups is 2. The van der Waals surface area contributed by atoms with Crippen LogP contribution in [0.25, 0.3) is 0 Å². The van der Waals surface area contributed by atoms with Crippen LogP contribution in [0, 0.1) is 0 Å². The average molecular weight is 344 g/mol. The molecular weight excluding hydrogens is 312 g/mol. The number of likely N-dealkylation sites (tertiary alicyclic amines) is 1. The Hall–Kier alpha value is -1.18. The number of nitrogens with zero attached hydrogens (tertiary/aromatic N) is 1. The molecule has 0 aliphatic carbocycles. The molecule has 7 nitrogen and oxygen atoms in total. The van der Waals surface area contributed by atoms with Crippen molar-refractivity contribution in [3.63, 3.8) is 0 Å². The van der Waals surface area contributed by atoms with Gasteiger partial charge in [-0.3, -0.25) is 14.5 Å². The maximum absolute atomic E-state index is 11.0. The molecule has 140 valence electrons. The van der Waals surface area contributed by atoms with Gasteiger partial charge in [0.05, 0.1) is 0 Å². The van der Waals surface area contributed by atoms with E-state index >= 15 is 0 Å². The summed E-state index contributed by atoms with van der Waals surface area (Å²) in [5.41, 5.74) is 0. The Balaban J connectivity index is 0.000000245. The summed E-state index contributed by atoms with van der Waals surface area (Å²) < 4.78 is 5.28. The number of rotatable bonds is 3. The molecule has 2 atom stereocenters. The van der Waals surface area contributed by atoms with Crippen molar-refractivity contribution in [3.05, 3.63) is 0 Å². The van der Waals surface area contributed by atoms with Gasteiger partial charge in [-0.25, -0.2) is 0 Å². The van der Waals surface area contributed by atoms with E-state index in [-0.39, 0.29) is 12.1 Å². The second kappa shape index (κ2) is 11.4. The van der Waals surface area contributed by atoms with Gasteiger partial charge >= 0.3 is 11.9 Å². The van der Waals surface area contributed by atoms with Crippen molar-refractivity contribution in [3.8, 4) is 0 Å². The highest BCUT2D eigenvalue weighted by Crippen LogP contribution is 2.25. The quantitative estimate of drug-likeness (QED) is 0.714. The second-order valence-corrected chi connectivity index (χ2v) is 6.06. The first-order valence-electron chi connectivity index (χ1n) is 9.12. The van der Waals surface area contributed by atoms with Gasteiger partial charge in [-0.2, -0.15) is 0 Å². The molecule has 0 aromatic carbocycles. The van der Waals surface area contributed by atoms with Crippen LogP contribution in [0.3, 0.4) is 0 Å². The van der Waals surface area contributed by atoms with Gasteiger partial charge in [0.25, 0.3) is 0 Å². The van der Waals surface area contributed by atoms with Gasteiger partial charge in [0, 0.05) is 19.3 Å². The minimum absolute atomic E-state index is 0.238. The van der Waals surface area contributed by atoms with Crippen LogP contribution < -0.4 is 5.32 Å². The van der Waals surface area contributed by atoms with Gasteiger partial charge in [0.1, 0.15) is 12.1 Å². The van der Waals surface area contributed by atoms with Gasteiger partial charge in [0.15, 0.2) is 0 Å². The van der Waals surface area contributed by atoms with E-state index in [1.54, 1.807) is 0 Å². The lowest BCUT2D eigenvalue weighted by molar-refractivity contribution is -0.143. The van der Waals surface area contributed by atoms with Crippen LogP contribution in [0.5, 0.6) is 0 Å². The molecule has 3 heterocycles. The molecule has 0 amide bonds. The molecule has 2 unspecified atom stereocenters. The largest absolute Gasteiger partial charge is 0.480 e. The number of hydrogen-bond acceptors (Lipinski definition) is 5. The van der Waals surface area contributed by atoms with Crippen molar-refractivity contribution in [2.24, 2.45) is 0 Å². The summed E-state index contributed by atoms with van der Waals surface area (Å²) in [5, 5.41) is 20.2. The molecule has 7 heteroatoms. The zero-order valence-corrected chi connectivity index (χ0v) is 14.9. The predicted molar refractivity (Wildman–Crippen MR) is 91.2 cm³/mol. The highest BCUT2D eigenvalue weighted by molar-refractivity contribution is 5.74. The van der Waals surface area contributed by atoms with Crippen LogP contribution in [0.1, 0.15) is 52.4 Å². The molecule has 3 rings (SSSR count). The van der Waals surface area contributed by atoms with Crippen LogP contribution in [-0.2, 0) is 14.3 Å². The number of hydrogen-bond donors (Lipinski definition) is 3. The van der Waals surface area contributed by atoms with Gasteiger partial charge in [-0.1, -0.05) is 13.8 Å². The first-order chi connectivity index (χ1) is 11.6. The standard InChI is InChI=1S/C10H17NO3.C5H9NO2.C2H6/c12-10(13)9-2-1-5-11(9)8-3-6-14-7-4-8;7-5(8)4-2-1-3-6-4;1-2/h8-9H,1-7H2,(H,12,13);4,6H,1-3H2,(H,7,8);1-2H3.